The molecule has 0 aliphatic rings. The third kappa shape index (κ3) is 4.60. The number of nitrogens with one attached hydrogen (secondary N) is 1. The van der Waals surface area contributed by atoms with E-state index in [2.05, 4.69) is 20.8 Å². The van der Waals surface area contributed by atoms with E-state index in [1.807, 2.05) is 13.8 Å². The quantitative estimate of drug-likeness (QED) is 0.792. The van der Waals surface area contributed by atoms with Crippen LogP contribution in [0.3, 0.4) is 0 Å². The minimum atomic E-state index is -0.901. The van der Waals surface area contributed by atoms with E-state index in [4.69, 9.17) is 0 Å². The fraction of sp³-hybridized carbons (Fsp3) is 0.400. The zero-order chi connectivity index (χ0) is 16.8. The molecular weight excluding hydrogens is 298 g/mol. The largest absolute Gasteiger partial charge is 0.481 e. The van der Waals surface area contributed by atoms with Crippen LogP contribution in [0.5, 0.6) is 0 Å². The van der Waals surface area contributed by atoms with Crippen LogP contribution in [0.15, 0.2) is 30.6 Å². The molecule has 0 fully saturated rings. The number of aliphatic carboxylic acids is 1. The van der Waals surface area contributed by atoms with Crippen molar-refractivity contribution in [2.75, 3.05) is 6.54 Å². The van der Waals surface area contributed by atoms with Crippen LogP contribution in [0.2, 0.25) is 0 Å². The molecule has 0 aliphatic carbocycles. The maximum atomic E-state index is 12.2. The van der Waals surface area contributed by atoms with Crippen LogP contribution in [0.1, 0.15) is 30.6 Å². The van der Waals surface area contributed by atoms with E-state index in [9.17, 15) is 14.7 Å². The number of carbonyl (C=O) groups is 2. The second kappa shape index (κ2) is 7.48. The van der Waals surface area contributed by atoms with Gasteiger partial charge in [-0.2, -0.15) is 0 Å². The number of rotatable bonds is 7. The zero-order valence-corrected chi connectivity index (χ0v) is 13.0. The summed E-state index contributed by atoms with van der Waals surface area (Å²) in [6.07, 6.45) is 1.94. The lowest BCUT2D eigenvalue weighted by Crippen LogP contribution is -2.33. The number of tetrazole rings is 1. The van der Waals surface area contributed by atoms with Gasteiger partial charge in [-0.1, -0.05) is 19.9 Å². The van der Waals surface area contributed by atoms with Gasteiger partial charge in [0.25, 0.3) is 5.91 Å². The van der Waals surface area contributed by atoms with Crippen LogP contribution in [0.25, 0.3) is 5.69 Å². The molecule has 122 valence electrons. The van der Waals surface area contributed by atoms with Gasteiger partial charge in [0.05, 0.1) is 11.6 Å². The number of carbonyl (C=O) groups excluding carboxylic acids is 1. The zero-order valence-electron chi connectivity index (χ0n) is 13.0. The number of amides is 1. The van der Waals surface area contributed by atoms with Gasteiger partial charge in [-0.25, -0.2) is 4.68 Å². The first kappa shape index (κ1) is 16.6. The van der Waals surface area contributed by atoms with Gasteiger partial charge in [0, 0.05) is 12.1 Å². The summed E-state index contributed by atoms with van der Waals surface area (Å²) in [4.78, 5) is 23.4. The Balaban J connectivity index is 2.03. The molecular formula is C15H19N5O3. The van der Waals surface area contributed by atoms with Crippen LogP contribution in [0, 0.1) is 11.8 Å². The Morgan fingerprint density at radius 1 is 1.35 bits per heavy atom. The van der Waals surface area contributed by atoms with Crippen molar-refractivity contribution < 1.29 is 14.7 Å². The molecule has 8 nitrogen and oxygen atoms in total. The van der Waals surface area contributed by atoms with Crippen molar-refractivity contribution in [1.82, 2.24) is 25.5 Å². The molecule has 0 aliphatic heterocycles. The van der Waals surface area contributed by atoms with Crippen molar-refractivity contribution in [2.24, 2.45) is 11.8 Å². The molecule has 0 saturated heterocycles. The highest BCUT2D eigenvalue weighted by atomic mass is 16.4. The first-order valence-electron chi connectivity index (χ1n) is 7.31. The summed E-state index contributed by atoms with van der Waals surface area (Å²) in [5.74, 6) is -1.57. The molecule has 1 aromatic carbocycles. The van der Waals surface area contributed by atoms with E-state index >= 15 is 0 Å². The van der Waals surface area contributed by atoms with Gasteiger partial charge < -0.3 is 10.4 Å². The summed E-state index contributed by atoms with van der Waals surface area (Å²) in [5.41, 5.74) is 1.08. The second-order valence-corrected chi connectivity index (χ2v) is 5.68. The van der Waals surface area contributed by atoms with Crippen molar-refractivity contribution in [3.05, 3.63) is 36.2 Å². The molecule has 0 saturated carbocycles. The predicted octanol–water partition coefficient (Wildman–Crippen LogP) is 1.14. The normalized spacial score (nSPS) is 12.1. The topological polar surface area (TPSA) is 110 Å². The standard InChI is InChI=1S/C15H19N5O3/c1-10(2)6-12(15(22)23)8-16-14(21)11-4-3-5-13(7-11)20-9-17-18-19-20/h3-5,7,9-10,12H,6,8H2,1-2H3,(H,16,21)(H,22,23). The van der Waals surface area contributed by atoms with E-state index < -0.39 is 11.9 Å². The third-order valence-electron chi connectivity index (χ3n) is 3.34. The Morgan fingerprint density at radius 2 is 2.13 bits per heavy atom. The van der Waals surface area contributed by atoms with E-state index in [0.29, 0.717) is 17.7 Å². The Hall–Kier alpha value is -2.77. The predicted molar refractivity (Wildman–Crippen MR) is 82.1 cm³/mol. The van der Waals surface area contributed by atoms with Gasteiger partial charge in [0.15, 0.2) is 0 Å². The Kier molecular flexibility index (Phi) is 5.40. The summed E-state index contributed by atoms with van der Waals surface area (Å²) in [6.45, 7) is 4.00. The second-order valence-electron chi connectivity index (χ2n) is 5.68. The molecule has 8 heteroatoms. The molecule has 0 radical (unpaired) electrons. The Bertz CT molecular complexity index is 670. The highest BCUT2D eigenvalue weighted by molar-refractivity contribution is 5.94. The van der Waals surface area contributed by atoms with Crippen LogP contribution < -0.4 is 5.32 Å². The minimum Gasteiger partial charge on any atom is -0.481 e. The molecule has 1 aromatic heterocycles. The van der Waals surface area contributed by atoms with Gasteiger partial charge >= 0.3 is 5.97 Å². The summed E-state index contributed by atoms with van der Waals surface area (Å²) < 4.78 is 1.44. The van der Waals surface area contributed by atoms with Crippen LogP contribution in [-0.4, -0.2) is 43.7 Å². The summed E-state index contributed by atoms with van der Waals surface area (Å²) in [5, 5.41) is 22.7. The minimum absolute atomic E-state index is 0.0987. The molecule has 1 amide bonds. The highest BCUT2D eigenvalue weighted by Gasteiger charge is 2.20. The molecule has 1 heterocycles. The molecule has 1 atom stereocenters. The third-order valence-corrected chi connectivity index (χ3v) is 3.34. The van der Waals surface area contributed by atoms with Gasteiger partial charge in [-0.05, 0) is 41.0 Å². The Labute approximate surface area is 133 Å². The van der Waals surface area contributed by atoms with Crippen molar-refractivity contribution >= 4 is 11.9 Å². The monoisotopic (exact) mass is 317 g/mol. The van der Waals surface area contributed by atoms with E-state index in [0.717, 1.165) is 0 Å². The molecule has 2 aromatic rings. The maximum absolute atomic E-state index is 12.2. The number of nitrogens with zero attached hydrogens (tertiary/aromatic N) is 4. The van der Waals surface area contributed by atoms with Gasteiger partial charge in [-0.3, -0.25) is 9.59 Å². The molecule has 2 N–H and O–H groups in total. The lowest BCUT2D eigenvalue weighted by molar-refractivity contribution is -0.142. The molecule has 23 heavy (non-hydrogen) atoms. The lowest BCUT2D eigenvalue weighted by Gasteiger charge is -2.15. The fourth-order valence-electron chi connectivity index (χ4n) is 2.23. The summed E-state index contributed by atoms with van der Waals surface area (Å²) in [7, 11) is 0. The first-order valence-corrected chi connectivity index (χ1v) is 7.31. The average Bonchev–Trinajstić information content (AvgIpc) is 3.05. The number of hydrogen-bond acceptors (Lipinski definition) is 5. The summed E-state index contributed by atoms with van der Waals surface area (Å²) >= 11 is 0. The van der Waals surface area contributed by atoms with E-state index in [1.165, 1.54) is 11.0 Å². The smallest absolute Gasteiger partial charge is 0.308 e. The average molecular weight is 317 g/mol. The molecule has 2 rings (SSSR count). The van der Waals surface area contributed by atoms with Crippen LogP contribution in [0.4, 0.5) is 0 Å². The van der Waals surface area contributed by atoms with Gasteiger partial charge in [0.1, 0.15) is 6.33 Å². The first-order chi connectivity index (χ1) is 11.0. The van der Waals surface area contributed by atoms with Gasteiger partial charge in [0.2, 0.25) is 0 Å². The maximum Gasteiger partial charge on any atom is 0.308 e. The highest BCUT2D eigenvalue weighted by Crippen LogP contribution is 2.12. The van der Waals surface area contributed by atoms with Crippen LogP contribution in [-0.2, 0) is 4.79 Å². The Morgan fingerprint density at radius 3 is 2.74 bits per heavy atom. The number of carboxylic acid groups (broad SMARTS) is 1. The number of carboxylic acids is 1. The fourth-order valence-corrected chi connectivity index (χ4v) is 2.23. The molecule has 1 unspecified atom stereocenters. The number of benzene rings is 1. The lowest BCUT2D eigenvalue weighted by atomic mass is 9.97. The molecule has 0 spiro atoms. The summed E-state index contributed by atoms with van der Waals surface area (Å²) in [6, 6.07) is 6.78. The SMILES string of the molecule is CC(C)CC(CNC(=O)c1cccc(-n2cnnn2)c1)C(=O)O. The van der Waals surface area contributed by atoms with Crippen molar-refractivity contribution in [2.45, 2.75) is 20.3 Å². The van der Waals surface area contributed by atoms with Crippen molar-refractivity contribution in [3.8, 4) is 5.69 Å². The van der Waals surface area contributed by atoms with E-state index in [1.54, 1.807) is 24.3 Å². The van der Waals surface area contributed by atoms with Crippen molar-refractivity contribution in [1.29, 1.82) is 0 Å². The van der Waals surface area contributed by atoms with Crippen molar-refractivity contribution in [3.63, 3.8) is 0 Å². The molecule has 0 bridgehead atoms. The van der Waals surface area contributed by atoms with Crippen LogP contribution >= 0.6 is 0 Å². The number of hydrogen-bond donors (Lipinski definition) is 2. The van der Waals surface area contributed by atoms with E-state index in [-0.39, 0.29) is 18.4 Å². The number of aromatic nitrogens is 4. The van der Waals surface area contributed by atoms with Gasteiger partial charge in [-0.15, -0.1) is 5.10 Å².